The molecule has 1 aliphatic carbocycles. The topological polar surface area (TPSA) is 37.4 Å². The zero-order valence-corrected chi connectivity index (χ0v) is 11.5. The van der Waals surface area contributed by atoms with Crippen LogP contribution in [0.15, 0.2) is 18.2 Å². The van der Waals surface area contributed by atoms with E-state index in [0.717, 1.165) is 37.3 Å². The van der Waals surface area contributed by atoms with Gasteiger partial charge in [0.15, 0.2) is 0 Å². The molecule has 0 bridgehead atoms. The molecular weight excluding hydrogens is 238 g/mol. The van der Waals surface area contributed by atoms with Gasteiger partial charge in [-0.3, -0.25) is 4.90 Å². The Kier molecular flexibility index (Phi) is 4.30. The van der Waals surface area contributed by atoms with E-state index in [9.17, 15) is 0 Å². The molecule has 1 aliphatic heterocycles. The maximum Gasteiger partial charge on any atom is 0.213 e. The maximum absolute atomic E-state index is 5.75. The van der Waals surface area contributed by atoms with Crippen molar-refractivity contribution in [1.82, 2.24) is 15.2 Å². The van der Waals surface area contributed by atoms with Crippen LogP contribution in [0.5, 0.6) is 5.88 Å². The fraction of sp³-hybridized carbons (Fsp3) is 0.667. The molecule has 1 aromatic rings. The summed E-state index contributed by atoms with van der Waals surface area (Å²) < 4.78 is 5.75. The Labute approximate surface area is 115 Å². The summed E-state index contributed by atoms with van der Waals surface area (Å²) in [7, 11) is 0. The number of pyridine rings is 1. The van der Waals surface area contributed by atoms with E-state index in [4.69, 9.17) is 4.74 Å². The third-order valence-corrected chi connectivity index (χ3v) is 3.79. The minimum Gasteiger partial charge on any atom is -0.476 e. The van der Waals surface area contributed by atoms with E-state index in [0.29, 0.717) is 0 Å². The van der Waals surface area contributed by atoms with Gasteiger partial charge in [-0.05, 0) is 44.8 Å². The van der Waals surface area contributed by atoms with Crippen LogP contribution in [-0.4, -0.2) is 42.2 Å². The highest BCUT2D eigenvalue weighted by atomic mass is 16.5. The fourth-order valence-electron chi connectivity index (χ4n) is 2.46. The average Bonchev–Trinajstić information content (AvgIpc) is 3.13. The van der Waals surface area contributed by atoms with Crippen LogP contribution in [0.4, 0.5) is 0 Å². The smallest absolute Gasteiger partial charge is 0.213 e. The van der Waals surface area contributed by atoms with Gasteiger partial charge < -0.3 is 10.1 Å². The lowest BCUT2D eigenvalue weighted by Gasteiger charge is -2.14. The van der Waals surface area contributed by atoms with Crippen LogP contribution >= 0.6 is 0 Å². The first-order valence-corrected chi connectivity index (χ1v) is 7.44. The number of aromatic nitrogens is 1. The molecule has 19 heavy (non-hydrogen) atoms. The molecule has 2 fully saturated rings. The number of hydrogen-bond acceptors (Lipinski definition) is 4. The second-order valence-electron chi connectivity index (χ2n) is 5.52. The normalized spacial score (nSPS) is 19.8. The van der Waals surface area contributed by atoms with Gasteiger partial charge in [-0.15, -0.1) is 0 Å². The molecule has 0 atom stereocenters. The molecule has 4 nitrogen and oxygen atoms in total. The third-order valence-electron chi connectivity index (χ3n) is 3.79. The lowest BCUT2D eigenvalue weighted by atomic mass is 10.3. The van der Waals surface area contributed by atoms with Crippen molar-refractivity contribution in [2.45, 2.75) is 38.3 Å². The number of nitrogens with zero attached hydrogens (tertiary/aromatic N) is 2. The number of rotatable bonds is 7. The highest BCUT2D eigenvalue weighted by molar-refractivity contribution is 5.16. The molecule has 4 heteroatoms. The van der Waals surface area contributed by atoms with E-state index in [1.807, 2.05) is 12.1 Å². The molecule has 0 amide bonds. The Bertz CT molecular complexity index is 400. The third kappa shape index (κ3) is 4.18. The quantitative estimate of drug-likeness (QED) is 0.812. The summed E-state index contributed by atoms with van der Waals surface area (Å²) in [6, 6.07) is 6.76. The van der Waals surface area contributed by atoms with Crippen molar-refractivity contribution in [3.05, 3.63) is 23.9 Å². The molecular formula is C15H23N3O. The first kappa shape index (κ1) is 12.9. The van der Waals surface area contributed by atoms with E-state index < -0.39 is 0 Å². The maximum atomic E-state index is 5.75. The Hall–Kier alpha value is -1.13. The van der Waals surface area contributed by atoms with Crippen LogP contribution in [0.25, 0.3) is 0 Å². The van der Waals surface area contributed by atoms with E-state index in [1.165, 1.54) is 38.8 Å². The van der Waals surface area contributed by atoms with Gasteiger partial charge in [-0.2, -0.15) is 0 Å². The summed E-state index contributed by atoms with van der Waals surface area (Å²) in [4.78, 5) is 6.99. The van der Waals surface area contributed by atoms with E-state index in [1.54, 1.807) is 0 Å². The number of ether oxygens (including phenoxy) is 1. The number of likely N-dealkylation sites (tertiary alicyclic amines) is 1. The van der Waals surface area contributed by atoms with Crippen LogP contribution in [-0.2, 0) is 6.54 Å². The van der Waals surface area contributed by atoms with Crippen LogP contribution in [0.2, 0.25) is 0 Å². The van der Waals surface area contributed by atoms with Gasteiger partial charge in [-0.1, -0.05) is 6.07 Å². The van der Waals surface area contributed by atoms with Gasteiger partial charge >= 0.3 is 0 Å². The summed E-state index contributed by atoms with van der Waals surface area (Å²) in [5.41, 5.74) is 1.07. The molecule has 0 radical (unpaired) electrons. The van der Waals surface area contributed by atoms with Crippen molar-refractivity contribution < 1.29 is 4.74 Å². The minimum atomic E-state index is 0.724. The zero-order chi connectivity index (χ0) is 12.9. The molecule has 0 spiro atoms. The Balaban J connectivity index is 1.42. The molecule has 1 N–H and O–H groups in total. The molecule has 0 unspecified atom stereocenters. The zero-order valence-electron chi connectivity index (χ0n) is 11.5. The Morgan fingerprint density at radius 1 is 1.26 bits per heavy atom. The standard InChI is InChI=1S/C15H23N3O/c1-2-9-18(8-1)10-11-19-15-5-3-4-14(17-15)12-16-13-6-7-13/h3-5,13,16H,1-2,6-12H2. The van der Waals surface area contributed by atoms with Crippen LogP contribution < -0.4 is 10.1 Å². The van der Waals surface area contributed by atoms with Crippen LogP contribution in [0, 0.1) is 0 Å². The fourth-order valence-corrected chi connectivity index (χ4v) is 2.46. The predicted octanol–water partition coefficient (Wildman–Crippen LogP) is 1.81. The van der Waals surface area contributed by atoms with Crippen LogP contribution in [0.1, 0.15) is 31.4 Å². The van der Waals surface area contributed by atoms with E-state index in [2.05, 4.69) is 21.3 Å². The van der Waals surface area contributed by atoms with Crippen molar-refractivity contribution >= 4 is 0 Å². The van der Waals surface area contributed by atoms with Gasteiger partial charge in [0.25, 0.3) is 0 Å². The molecule has 1 saturated carbocycles. The largest absolute Gasteiger partial charge is 0.476 e. The van der Waals surface area contributed by atoms with E-state index >= 15 is 0 Å². The highest BCUT2D eigenvalue weighted by Gasteiger charge is 2.20. The predicted molar refractivity (Wildman–Crippen MR) is 75.3 cm³/mol. The van der Waals surface area contributed by atoms with Crippen molar-refractivity contribution in [3.63, 3.8) is 0 Å². The van der Waals surface area contributed by atoms with Crippen molar-refractivity contribution in [2.75, 3.05) is 26.2 Å². The van der Waals surface area contributed by atoms with Gasteiger partial charge in [-0.25, -0.2) is 4.98 Å². The highest BCUT2D eigenvalue weighted by Crippen LogP contribution is 2.19. The van der Waals surface area contributed by atoms with Crippen molar-refractivity contribution in [3.8, 4) is 5.88 Å². The van der Waals surface area contributed by atoms with Gasteiger partial charge in [0, 0.05) is 25.2 Å². The van der Waals surface area contributed by atoms with Gasteiger partial charge in [0.05, 0.1) is 5.69 Å². The lowest BCUT2D eigenvalue weighted by molar-refractivity contribution is 0.231. The van der Waals surface area contributed by atoms with Crippen molar-refractivity contribution in [2.24, 2.45) is 0 Å². The summed E-state index contributed by atoms with van der Waals surface area (Å²) >= 11 is 0. The lowest BCUT2D eigenvalue weighted by Crippen LogP contribution is -2.25. The Morgan fingerprint density at radius 3 is 2.89 bits per heavy atom. The summed E-state index contributed by atoms with van der Waals surface area (Å²) in [6.07, 6.45) is 5.29. The summed E-state index contributed by atoms with van der Waals surface area (Å²) in [6.45, 7) is 5.07. The van der Waals surface area contributed by atoms with E-state index in [-0.39, 0.29) is 0 Å². The molecule has 1 saturated heterocycles. The Morgan fingerprint density at radius 2 is 2.11 bits per heavy atom. The summed E-state index contributed by atoms with van der Waals surface area (Å²) in [5, 5.41) is 3.47. The van der Waals surface area contributed by atoms with Crippen LogP contribution in [0.3, 0.4) is 0 Å². The second-order valence-corrected chi connectivity index (χ2v) is 5.52. The average molecular weight is 261 g/mol. The molecule has 3 rings (SSSR count). The summed E-state index contributed by atoms with van der Waals surface area (Å²) in [5.74, 6) is 0.759. The van der Waals surface area contributed by atoms with Gasteiger partial charge in [0.1, 0.15) is 6.61 Å². The number of hydrogen-bond donors (Lipinski definition) is 1. The monoisotopic (exact) mass is 261 g/mol. The molecule has 2 aliphatic rings. The first-order chi connectivity index (χ1) is 9.40. The first-order valence-electron chi connectivity index (χ1n) is 7.44. The molecule has 1 aromatic heterocycles. The van der Waals surface area contributed by atoms with Gasteiger partial charge in [0.2, 0.25) is 5.88 Å². The molecule has 2 heterocycles. The SMILES string of the molecule is c1cc(CNC2CC2)nc(OCCN2CCCC2)c1. The minimum absolute atomic E-state index is 0.724. The number of nitrogens with one attached hydrogen (secondary N) is 1. The molecule has 0 aromatic carbocycles. The second kappa shape index (κ2) is 6.35. The van der Waals surface area contributed by atoms with Crippen molar-refractivity contribution in [1.29, 1.82) is 0 Å². The molecule has 104 valence electrons.